The first-order valence-electron chi connectivity index (χ1n) is 10.5. The number of hydrogen-bond donors (Lipinski definition) is 6. The van der Waals surface area contributed by atoms with Crippen LogP contribution >= 0.6 is 0 Å². The van der Waals surface area contributed by atoms with Crippen LogP contribution in [0.2, 0.25) is 0 Å². The number of carbonyl (C=O) groups is 3. The summed E-state index contributed by atoms with van der Waals surface area (Å²) in [5.41, 5.74) is 2.97. The number of primary amides is 1. The Balaban J connectivity index is 2.10. The van der Waals surface area contributed by atoms with Crippen molar-refractivity contribution in [2.45, 2.75) is 30.5 Å². The van der Waals surface area contributed by atoms with Crippen LogP contribution in [-0.2, 0) is 14.4 Å². The predicted octanol–water partition coefficient (Wildman–Crippen LogP) is -0.277. The molecule has 7 N–H and O–H groups in total. The molecule has 0 bridgehead atoms. The van der Waals surface area contributed by atoms with Gasteiger partial charge in [0.1, 0.15) is 28.4 Å². The fourth-order valence-electron chi connectivity index (χ4n) is 6.01. The van der Waals surface area contributed by atoms with Crippen molar-refractivity contribution < 1.29 is 34.8 Å². The molecule has 10 nitrogen and oxygen atoms in total. The predicted molar refractivity (Wildman–Crippen MR) is 117 cm³/mol. The number of Topliss-reactive ketones (excluding diaryl/α,β-unsaturated/α-hetero) is 2. The highest BCUT2D eigenvalue weighted by molar-refractivity contribution is 6.25. The lowest BCUT2D eigenvalue weighted by Crippen LogP contribution is -2.74. The minimum atomic E-state index is -2.10. The summed E-state index contributed by atoms with van der Waals surface area (Å²) in [4.78, 5) is 40.9. The second-order valence-corrected chi connectivity index (χ2v) is 9.08. The molecule has 10 heteroatoms. The van der Waals surface area contributed by atoms with E-state index in [4.69, 9.17) is 5.73 Å². The number of phenols is 1. The van der Waals surface area contributed by atoms with Crippen molar-refractivity contribution in [1.29, 1.82) is 0 Å². The van der Waals surface area contributed by atoms with Crippen LogP contribution in [0.3, 0.4) is 0 Å². The molecule has 0 spiro atoms. The van der Waals surface area contributed by atoms with Crippen LogP contribution in [0.5, 0.6) is 5.75 Å². The SMILES string of the molecule is CNC12C(=O)C3=C(O)c4c(O)cccc4[C@H](C)[C@H]3C(O)[C@H]1[C@H](N(C)C)C(=O)C(C(N)=O)=C2O. The standard InChI is InChI=1S/C23H27N3O7/c1-8-9-6-5-7-10(27)12(9)17(28)13-11(8)18(29)15-16(26(3)4)19(30)14(22(24)33)21(32)23(15,25-2)20(13)31/h5-8,11,15-16,18,25,27-29,32H,1-4H3,(H2,24,33)/t8-,11+,15+,16-,18?,23?/m0/s1. The number of nitrogens with zero attached hydrogens (tertiary/aromatic N) is 1. The normalized spacial score (nSPS) is 33.7. The third kappa shape index (κ3) is 2.68. The Hall–Kier alpha value is -3.21. The van der Waals surface area contributed by atoms with Gasteiger partial charge in [-0.15, -0.1) is 0 Å². The number of likely N-dealkylation sites (N-methyl/N-ethyl adjacent to an activating group) is 2. The van der Waals surface area contributed by atoms with Crippen molar-refractivity contribution in [2.75, 3.05) is 21.1 Å². The van der Waals surface area contributed by atoms with E-state index < -0.39 is 70.0 Å². The van der Waals surface area contributed by atoms with Gasteiger partial charge in [-0.05, 0) is 38.7 Å². The van der Waals surface area contributed by atoms with E-state index in [9.17, 15) is 34.8 Å². The maximum atomic E-state index is 14.1. The number of ketones is 2. The summed E-state index contributed by atoms with van der Waals surface area (Å²) in [7, 11) is 4.47. The minimum Gasteiger partial charge on any atom is -0.509 e. The molecule has 0 radical (unpaired) electrons. The first-order valence-corrected chi connectivity index (χ1v) is 10.5. The highest BCUT2D eigenvalue weighted by atomic mass is 16.3. The average Bonchev–Trinajstić information content (AvgIpc) is 2.73. The number of aliphatic hydroxyl groups is 3. The van der Waals surface area contributed by atoms with E-state index in [0.717, 1.165) is 0 Å². The summed E-state index contributed by atoms with van der Waals surface area (Å²) in [6, 6.07) is 3.48. The summed E-state index contributed by atoms with van der Waals surface area (Å²) in [6.07, 6.45) is -1.40. The monoisotopic (exact) mass is 457 g/mol. The molecule has 0 aliphatic heterocycles. The van der Waals surface area contributed by atoms with Gasteiger partial charge in [-0.3, -0.25) is 19.3 Å². The maximum Gasteiger partial charge on any atom is 0.255 e. The molecule has 2 unspecified atom stereocenters. The zero-order chi connectivity index (χ0) is 24.6. The Bertz CT molecular complexity index is 1150. The van der Waals surface area contributed by atoms with Gasteiger partial charge in [0.25, 0.3) is 5.91 Å². The number of carbonyl (C=O) groups excluding carboxylic acids is 3. The van der Waals surface area contributed by atoms with E-state index in [1.807, 2.05) is 0 Å². The molecule has 1 saturated carbocycles. The third-order valence-corrected chi connectivity index (χ3v) is 7.43. The van der Waals surface area contributed by atoms with Crippen molar-refractivity contribution in [3.8, 4) is 5.75 Å². The lowest BCUT2D eigenvalue weighted by molar-refractivity contribution is -0.145. The minimum absolute atomic E-state index is 0.0659. The number of nitrogens with two attached hydrogens (primary N) is 1. The lowest BCUT2D eigenvalue weighted by Gasteiger charge is -2.55. The van der Waals surface area contributed by atoms with Gasteiger partial charge in [-0.2, -0.15) is 0 Å². The van der Waals surface area contributed by atoms with Gasteiger partial charge in [0, 0.05) is 17.4 Å². The summed E-state index contributed by atoms with van der Waals surface area (Å²) in [5, 5.41) is 47.0. The molecule has 1 amide bonds. The Morgan fingerprint density at radius 2 is 1.82 bits per heavy atom. The number of phenolic OH excluding ortho intramolecular Hbond substituents is 1. The highest BCUT2D eigenvalue weighted by Crippen LogP contribution is 2.55. The Labute approximate surface area is 190 Å². The molecule has 4 rings (SSSR count). The third-order valence-electron chi connectivity index (χ3n) is 7.43. The van der Waals surface area contributed by atoms with Gasteiger partial charge in [-0.1, -0.05) is 19.1 Å². The summed E-state index contributed by atoms with van der Waals surface area (Å²) in [6.45, 7) is 1.75. The number of rotatable bonds is 3. The second kappa shape index (κ2) is 7.41. The fourth-order valence-corrected chi connectivity index (χ4v) is 6.01. The quantitative estimate of drug-likeness (QED) is 0.334. The van der Waals surface area contributed by atoms with E-state index in [2.05, 4.69) is 5.32 Å². The van der Waals surface area contributed by atoms with Crippen LogP contribution < -0.4 is 11.1 Å². The van der Waals surface area contributed by atoms with Gasteiger partial charge in [-0.25, -0.2) is 0 Å². The number of benzene rings is 1. The van der Waals surface area contributed by atoms with Crippen LogP contribution in [0.25, 0.3) is 5.76 Å². The molecule has 3 aliphatic rings. The first-order chi connectivity index (χ1) is 15.4. The largest absolute Gasteiger partial charge is 0.509 e. The molecule has 33 heavy (non-hydrogen) atoms. The molecule has 0 saturated heterocycles. The second-order valence-electron chi connectivity index (χ2n) is 9.08. The maximum absolute atomic E-state index is 14.1. The molecule has 1 aromatic rings. The van der Waals surface area contributed by atoms with Gasteiger partial charge in [0.05, 0.1) is 17.7 Å². The van der Waals surface area contributed by atoms with Crippen LogP contribution in [-0.4, -0.2) is 81.6 Å². The van der Waals surface area contributed by atoms with E-state index in [0.29, 0.717) is 5.56 Å². The fraction of sp³-hybridized carbons (Fsp3) is 0.435. The highest BCUT2D eigenvalue weighted by Gasteiger charge is 2.68. The van der Waals surface area contributed by atoms with Crippen molar-refractivity contribution in [2.24, 2.45) is 17.6 Å². The Kier molecular flexibility index (Phi) is 5.15. The van der Waals surface area contributed by atoms with Crippen LogP contribution in [0, 0.1) is 11.8 Å². The van der Waals surface area contributed by atoms with Crippen molar-refractivity contribution in [3.05, 3.63) is 46.2 Å². The van der Waals surface area contributed by atoms with Gasteiger partial charge in [0.2, 0.25) is 0 Å². The number of nitrogens with one attached hydrogen (secondary N) is 1. The zero-order valence-corrected chi connectivity index (χ0v) is 18.7. The molecule has 0 aromatic heterocycles. The van der Waals surface area contributed by atoms with Crippen LogP contribution in [0.4, 0.5) is 0 Å². The molecular formula is C23H27N3O7. The number of hydrogen-bond acceptors (Lipinski definition) is 9. The Morgan fingerprint density at radius 3 is 2.36 bits per heavy atom. The molecule has 6 atom stereocenters. The number of aliphatic hydroxyl groups excluding tert-OH is 3. The Morgan fingerprint density at radius 1 is 1.18 bits per heavy atom. The first kappa shape index (κ1) is 23.0. The number of amides is 1. The molecule has 1 fully saturated rings. The lowest BCUT2D eigenvalue weighted by atomic mass is 9.53. The smallest absolute Gasteiger partial charge is 0.255 e. The van der Waals surface area contributed by atoms with Crippen molar-refractivity contribution >= 4 is 23.2 Å². The van der Waals surface area contributed by atoms with Gasteiger partial charge in [0.15, 0.2) is 11.6 Å². The summed E-state index contributed by atoms with van der Waals surface area (Å²) < 4.78 is 0. The van der Waals surface area contributed by atoms with E-state index in [-0.39, 0.29) is 16.9 Å². The zero-order valence-electron chi connectivity index (χ0n) is 18.7. The van der Waals surface area contributed by atoms with Gasteiger partial charge < -0.3 is 31.5 Å². The molecule has 3 aliphatic carbocycles. The van der Waals surface area contributed by atoms with E-state index in [1.54, 1.807) is 33.2 Å². The molecule has 1 aromatic carbocycles. The van der Waals surface area contributed by atoms with Crippen molar-refractivity contribution in [1.82, 2.24) is 10.2 Å². The topological polar surface area (TPSA) is 173 Å². The molecule has 176 valence electrons. The van der Waals surface area contributed by atoms with Crippen LogP contribution in [0.1, 0.15) is 24.0 Å². The van der Waals surface area contributed by atoms with E-state index in [1.165, 1.54) is 18.0 Å². The number of fused-ring (bicyclic) bond motifs is 3. The number of aromatic hydroxyl groups is 1. The van der Waals surface area contributed by atoms with Crippen molar-refractivity contribution in [3.63, 3.8) is 0 Å². The van der Waals surface area contributed by atoms with E-state index >= 15 is 0 Å². The van der Waals surface area contributed by atoms with Gasteiger partial charge >= 0.3 is 0 Å². The molecule has 0 heterocycles. The summed E-state index contributed by atoms with van der Waals surface area (Å²) >= 11 is 0. The average molecular weight is 457 g/mol. The van der Waals surface area contributed by atoms with Crippen LogP contribution in [0.15, 0.2) is 35.1 Å². The summed E-state index contributed by atoms with van der Waals surface area (Å²) in [5.74, 6) is -7.12. The molecular weight excluding hydrogens is 430 g/mol.